The van der Waals surface area contributed by atoms with Gasteiger partial charge in [0.05, 0.1) is 12.3 Å². The van der Waals surface area contributed by atoms with Gasteiger partial charge in [0, 0.05) is 12.5 Å². The molecule has 0 saturated heterocycles. The Morgan fingerprint density at radius 1 is 0.795 bits per heavy atom. The van der Waals surface area contributed by atoms with Crippen molar-refractivity contribution in [3.8, 4) is 11.1 Å². The molecule has 1 amide bonds. The van der Waals surface area contributed by atoms with Crippen molar-refractivity contribution in [2.75, 3.05) is 6.54 Å². The van der Waals surface area contributed by atoms with E-state index in [1.54, 1.807) is 0 Å². The number of hydrogen-bond donors (Lipinski definition) is 1. The molecule has 0 saturated carbocycles. The third-order valence-electron chi connectivity index (χ3n) is 6.18. The first kappa shape index (κ1) is 32.1. The summed E-state index contributed by atoms with van der Waals surface area (Å²) in [6.07, 6.45) is 3.45. The third-order valence-corrected chi connectivity index (χ3v) is 6.18. The van der Waals surface area contributed by atoms with Crippen molar-refractivity contribution in [2.45, 2.75) is 98.2 Å². The summed E-state index contributed by atoms with van der Waals surface area (Å²) in [5.41, 5.74) is 2.08. The zero-order valence-electron chi connectivity index (χ0n) is 24.8. The molecule has 0 aliphatic heterocycles. The quantitative estimate of drug-likeness (QED) is 0.281. The molecule has 0 aromatic heterocycles. The molecule has 0 spiro atoms. The van der Waals surface area contributed by atoms with Crippen molar-refractivity contribution in [1.82, 2.24) is 5.32 Å². The van der Waals surface area contributed by atoms with Crippen molar-refractivity contribution in [3.63, 3.8) is 0 Å². The van der Waals surface area contributed by atoms with Crippen molar-refractivity contribution in [3.05, 3.63) is 60.2 Å². The molecular formula is C33H47NO5. The number of rotatable bonds is 13. The van der Waals surface area contributed by atoms with Gasteiger partial charge in [-0.05, 0) is 77.5 Å². The molecule has 2 aromatic rings. The topological polar surface area (TPSA) is 81.7 Å². The Morgan fingerprint density at radius 2 is 1.38 bits per heavy atom. The second-order valence-electron chi connectivity index (χ2n) is 12.2. The maximum Gasteiger partial charge on any atom is 0.309 e. The summed E-state index contributed by atoms with van der Waals surface area (Å²) >= 11 is 0. The Bertz CT molecular complexity index is 1050. The minimum atomic E-state index is -0.597. The van der Waals surface area contributed by atoms with E-state index in [-0.39, 0.29) is 36.7 Å². The first-order valence-corrected chi connectivity index (χ1v) is 14.1. The Kier molecular flexibility index (Phi) is 12.2. The molecule has 0 fully saturated rings. The molecule has 0 aliphatic rings. The molecule has 214 valence electrons. The molecule has 1 N–H and O–H groups in total. The number of carbonyl (C=O) groups excluding carboxylic acids is 3. The van der Waals surface area contributed by atoms with Crippen molar-refractivity contribution < 1.29 is 23.9 Å². The molecule has 6 nitrogen and oxygen atoms in total. The normalized spacial score (nSPS) is 13.3. The highest BCUT2D eigenvalue weighted by atomic mass is 16.6. The van der Waals surface area contributed by atoms with E-state index in [0.29, 0.717) is 19.3 Å². The van der Waals surface area contributed by atoms with Crippen LogP contribution >= 0.6 is 0 Å². The average Bonchev–Trinajstić information content (AvgIpc) is 2.84. The van der Waals surface area contributed by atoms with Crippen LogP contribution in [0.15, 0.2) is 54.6 Å². The number of esters is 2. The Morgan fingerprint density at radius 3 is 1.95 bits per heavy atom. The van der Waals surface area contributed by atoms with E-state index in [2.05, 4.69) is 36.5 Å². The summed E-state index contributed by atoms with van der Waals surface area (Å²) in [6.45, 7) is 13.3. The highest BCUT2D eigenvalue weighted by Gasteiger charge is 2.30. The summed E-state index contributed by atoms with van der Waals surface area (Å²) in [5, 5.41) is 2.91. The predicted molar refractivity (Wildman–Crippen MR) is 156 cm³/mol. The van der Waals surface area contributed by atoms with Crippen molar-refractivity contribution >= 4 is 17.8 Å². The predicted octanol–water partition coefficient (Wildman–Crippen LogP) is 6.90. The molecule has 2 atom stereocenters. The second kappa shape index (κ2) is 14.9. The fourth-order valence-corrected chi connectivity index (χ4v) is 4.37. The van der Waals surface area contributed by atoms with E-state index in [0.717, 1.165) is 29.5 Å². The van der Waals surface area contributed by atoms with E-state index in [9.17, 15) is 14.4 Å². The van der Waals surface area contributed by atoms with Gasteiger partial charge in [0.15, 0.2) is 0 Å². The summed E-state index contributed by atoms with van der Waals surface area (Å²) in [7, 11) is 0. The SMILES string of the molecule is CCCC[C@@H](C[C@@H](Cc1ccc(-c2ccccc2)cc1)C(=O)NCCC(=O)OC(C)(C)C)C(=O)OC(C)(C)C. The van der Waals surface area contributed by atoms with Crippen LogP contribution in [0.25, 0.3) is 11.1 Å². The molecule has 2 aromatic carbocycles. The lowest BCUT2D eigenvalue weighted by Crippen LogP contribution is -2.37. The first-order valence-electron chi connectivity index (χ1n) is 14.1. The van der Waals surface area contributed by atoms with Crippen LogP contribution in [0, 0.1) is 11.8 Å². The molecule has 0 aliphatic carbocycles. The van der Waals surface area contributed by atoms with Gasteiger partial charge < -0.3 is 14.8 Å². The zero-order valence-corrected chi connectivity index (χ0v) is 24.8. The van der Waals surface area contributed by atoms with Gasteiger partial charge in [-0.2, -0.15) is 0 Å². The molecule has 2 rings (SSSR count). The molecular weight excluding hydrogens is 490 g/mol. The number of unbranched alkanes of at least 4 members (excludes halogenated alkanes) is 1. The second-order valence-corrected chi connectivity index (χ2v) is 12.2. The average molecular weight is 538 g/mol. The molecule has 0 bridgehead atoms. The number of nitrogens with one attached hydrogen (secondary N) is 1. The number of hydrogen-bond acceptors (Lipinski definition) is 5. The van der Waals surface area contributed by atoms with Crippen molar-refractivity contribution in [2.24, 2.45) is 11.8 Å². The fraction of sp³-hybridized carbons (Fsp3) is 0.545. The number of amides is 1. The lowest BCUT2D eigenvalue weighted by Gasteiger charge is -2.26. The van der Waals surface area contributed by atoms with Crippen LogP contribution in [0.5, 0.6) is 0 Å². The van der Waals surface area contributed by atoms with Gasteiger partial charge in [0.2, 0.25) is 5.91 Å². The van der Waals surface area contributed by atoms with Gasteiger partial charge in [-0.15, -0.1) is 0 Å². The van der Waals surface area contributed by atoms with Crippen LogP contribution in [0.2, 0.25) is 0 Å². The summed E-state index contributed by atoms with van der Waals surface area (Å²) < 4.78 is 11.1. The molecule has 0 radical (unpaired) electrons. The van der Waals surface area contributed by atoms with E-state index in [1.165, 1.54) is 0 Å². The summed E-state index contributed by atoms with van der Waals surface area (Å²) in [5.74, 6) is -1.61. The Labute approximate surface area is 234 Å². The van der Waals surface area contributed by atoms with Crippen molar-refractivity contribution in [1.29, 1.82) is 0 Å². The number of carbonyl (C=O) groups is 3. The van der Waals surface area contributed by atoms with E-state index >= 15 is 0 Å². The summed E-state index contributed by atoms with van der Waals surface area (Å²) in [4.78, 5) is 38.6. The molecule has 0 heterocycles. The lowest BCUT2D eigenvalue weighted by molar-refractivity contribution is -0.161. The van der Waals surface area contributed by atoms with Gasteiger partial charge >= 0.3 is 11.9 Å². The van der Waals surface area contributed by atoms with Crippen LogP contribution in [-0.2, 0) is 30.3 Å². The van der Waals surface area contributed by atoms with E-state index in [4.69, 9.17) is 9.47 Å². The number of benzene rings is 2. The minimum Gasteiger partial charge on any atom is -0.460 e. The van der Waals surface area contributed by atoms with Crippen LogP contribution in [0.3, 0.4) is 0 Å². The van der Waals surface area contributed by atoms with Gasteiger partial charge in [-0.1, -0.05) is 74.4 Å². The van der Waals surface area contributed by atoms with Crippen LogP contribution in [0.1, 0.15) is 86.1 Å². The van der Waals surface area contributed by atoms with Gasteiger partial charge in [0.1, 0.15) is 11.2 Å². The highest BCUT2D eigenvalue weighted by Crippen LogP contribution is 2.27. The standard InChI is InChI=1S/C33H47NO5/c1-8-9-13-27(31(37)39-33(5,6)7)23-28(30(36)34-21-20-29(35)38-32(2,3)4)22-24-16-18-26(19-17-24)25-14-11-10-12-15-25/h10-12,14-19,27-28H,8-9,13,20-23H2,1-7H3,(H,34,36)/t27-,28+/m0/s1. The smallest absolute Gasteiger partial charge is 0.309 e. The molecule has 6 heteroatoms. The fourth-order valence-electron chi connectivity index (χ4n) is 4.37. The van der Waals surface area contributed by atoms with Gasteiger partial charge in [0.25, 0.3) is 0 Å². The van der Waals surface area contributed by atoms with Gasteiger partial charge in [-0.25, -0.2) is 0 Å². The van der Waals surface area contributed by atoms with Crippen LogP contribution in [-0.4, -0.2) is 35.6 Å². The lowest BCUT2D eigenvalue weighted by atomic mass is 9.85. The van der Waals surface area contributed by atoms with E-state index < -0.39 is 17.1 Å². The van der Waals surface area contributed by atoms with Crippen LogP contribution in [0.4, 0.5) is 0 Å². The highest BCUT2D eigenvalue weighted by molar-refractivity contribution is 5.81. The minimum absolute atomic E-state index is 0.0901. The maximum atomic E-state index is 13.4. The molecule has 0 unspecified atom stereocenters. The maximum absolute atomic E-state index is 13.4. The Hall–Kier alpha value is -3.15. The molecule has 39 heavy (non-hydrogen) atoms. The van der Waals surface area contributed by atoms with Gasteiger partial charge in [-0.3, -0.25) is 14.4 Å². The summed E-state index contributed by atoms with van der Waals surface area (Å²) in [6, 6.07) is 18.3. The van der Waals surface area contributed by atoms with Crippen LogP contribution < -0.4 is 5.32 Å². The third kappa shape index (κ3) is 12.5. The monoisotopic (exact) mass is 537 g/mol. The zero-order chi connectivity index (χ0) is 29.1. The first-order chi connectivity index (χ1) is 18.3. The Balaban J connectivity index is 2.19. The largest absolute Gasteiger partial charge is 0.460 e. The van der Waals surface area contributed by atoms with E-state index in [1.807, 2.05) is 71.9 Å². The number of ether oxygens (including phenoxy) is 2.